The highest BCUT2D eigenvalue weighted by atomic mass is 19.4. The van der Waals surface area contributed by atoms with Gasteiger partial charge in [-0.05, 0) is 41.8 Å². The van der Waals surface area contributed by atoms with E-state index in [1.807, 2.05) is 0 Å². The summed E-state index contributed by atoms with van der Waals surface area (Å²) in [6.45, 7) is 0. The minimum absolute atomic E-state index is 0.0391. The van der Waals surface area contributed by atoms with Crippen LogP contribution in [0.15, 0.2) is 54.6 Å². The number of aromatic hydroxyl groups is 1. The first kappa shape index (κ1) is 17.9. The maximum Gasteiger partial charge on any atom is 0.416 e. The van der Waals surface area contributed by atoms with Crippen LogP contribution >= 0.6 is 0 Å². The first-order valence-corrected chi connectivity index (χ1v) is 8.47. The average molecular weight is 384 g/mol. The minimum Gasteiger partial charge on any atom is -0.507 e. The number of phenols is 1. The van der Waals surface area contributed by atoms with Crippen LogP contribution in [-0.4, -0.2) is 16.0 Å². The van der Waals surface area contributed by atoms with Crippen molar-refractivity contribution in [2.24, 2.45) is 5.73 Å². The van der Waals surface area contributed by atoms with Crippen LogP contribution in [0.1, 0.15) is 27.0 Å². The second-order valence-electron chi connectivity index (χ2n) is 6.59. The first-order valence-electron chi connectivity index (χ1n) is 8.47. The third-order valence-corrected chi connectivity index (χ3v) is 4.76. The number of primary amides is 1. The van der Waals surface area contributed by atoms with E-state index in [4.69, 9.17) is 5.73 Å². The number of rotatable bonds is 3. The van der Waals surface area contributed by atoms with Crippen molar-refractivity contribution in [3.8, 4) is 5.75 Å². The lowest BCUT2D eigenvalue weighted by atomic mass is 9.98. The van der Waals surface area contributed by atoms with Crippen LogP contribution in [0, 0.1) is 0 Å². The summed E-state index contributed by atoms with van der Waals surface area (Å²) in [5.41, 5.74) is 7.34. The molecule has 142 valence electrons. The molecule has 0 saturated carbocycles. The fraction of sp³-hybridized carbons (Fsp3) is 0.0952. The molecule has 0 radical (unpaired) electrons. The molecule has 4 N–H and O–H groups in total. The van der Waals surface area contributed by atoms with Crippen LogP contribution in [0.2, 0.25) is 0 Å². The number of halogens is 3. The number of aromatic amines is 1. The fourth-order valence-electron chi connectivity index (χ4n) is 3.52. The van der Waals surface area contributed by atoms with Gasteiger partial charge in [0.15, 0.2) is 0 Å². The minimum atomic E-state index is -4.42. The zero-order valence-corrected chi connectivity index (χ0v) is 14.5. The number of hydrogen-bond acceptors (Lipinski definition) is 2. The highest BCUT2D eigenvalue weighted by Gasteiger charge is 2.30. The third kappa shape index (κ3) is 2.94. The highest BCUT2D eigenvalue weighted by molar-refractivity contribution is 6.19. The number of carbonyl (C=O) groups is 1. The first-order chi connectivity index (χ1) is 13.3. The van der Waals surface area contributed by atoms with E-state index < -0.39 is 17.6 Å². The number of hydrogen-bond donors (Lipinski definition) is 3. The quantitative estimate of drug-likeness (QED) is 0.477. The fourth-order valence-corrected chi connectivity index (χ4v) is 3.52. The van der Waals surface area contributed by atoms with E-state index in [1.165, 1.54) is 12.1 Å². The van der Waals surface area contributed by atoms with Gasteiger partial charge in [0.2, 0.25) is 5.91 Å². The monoisotopic (exact) mass is 384 g/mol. The standard InChI is InChI=1S/C21H15F3N2O2/c22-21(23,24)13-4-1-3-11(10-13)9-12-7-8-16(27)18-17-14(20(25)28)5-2-6-15(17)26-19(12)18/h1-8,10,26-27H,9H2,(H2,25,28). The van der Waals surface area contributed by atoms with Crippen molar-refractivity contribution in [3.63, 3.8) is 0 Å². The predicted octanol–water partition coefficient (Wildman–Crippen LogP) is 4.74. The summed E-state index contributed by atoms with van der Waals surface area (Å²) in [4.78, 5) is 15.0. The van der Waals surface area contributed by atoms with E-state index in [-0.39, 0.29) is 17.7 Å². The van der Waals surface area contributed by atoms with Crippen LogP contribution in [-0.2, 0) is 12.6 Å². The molecule has 28 heavy (non-hydrogen) atoms. The summed E-state index contributed by atoms with van der Waals surface area (Å²) in [5, 5.41) is 11.3. The molecular weight excluding hydrogens is 369 g/mol. The van der Waals surface area contributed by atoms with Crippen LogP contribution in [0.4, 0.5) is 13.2 Å². The maximum atomic E-state index is 13.0. The summed E-state index contributed by atoms with van der Waals surface area (Å²) >= 11 is 0. The van der Waals surface area contributed by atoms with Gasteiger partial charge in [0.1, 0.15) is 5.75 Å². The van der Waals surface area contributed by atoms with Gasteiger partial charge < -0.3 is 15.8 Å². The van der Waals surface area contributed by atoms with E-state index in [9.17, 15) is 23.1 Å². The lowest BCUT2D eigenvalue weighted by Gasteiger charge is -2.10. The maximum absolute atomic E-state index is 13.0. The SMILES string of the molecule is NC(=O)c1cccc2[nH]c3c(Cc4cccc(C(F)(F)F)c4)ccc(O)c3c12. The van der Waals surface area contributed by atoms with Crippen molar-refractivity contribution in [3.05, 3.63) is 76.9 Å². The Morgan fingerprint density at radius 2 is 1.79 bits per heavy atom. The molecule has 0 aliphatic carbocycles. The summed E-state index contributed by atoms with van der Waals surface area (Å²) in [5.74, 6) is -0.670. The summed E-state index contributed by atoms with van der Waals surface area (Å²) in [7, 11) is 0. The number of benzene rings is 3. The number of carbonyl (C=O) groups excluding carboxylic acids is 1. The van der Waals surface area contributed by atoms with Crippen LogP contribution in [0.3, 0.4) is 0 Å². The Labute approximate surface area is 157 Å². The van der Waals surface area contributed by atoms with Gasteiger partial charge in [0.25, 0.3) is 0 Å². The van der Waals surface area contributed by atoms with Crippen molar-refractivity contribution >= 4 is 27.7 Å². The number of H-pyrrole nitrogens is 1. The summed E-state index contributed by atoms with van der Waals surface area (Å²) in [6.07, 6.45) is -4.20. The van der Waals surface area contributed by atoms with E-state index in [0.717, 1.165) is 12.1 Å². The van der Waals surface area contributed by atoms with Crippen molar-refractivity contribution in [1.29, 1.82) is 0 Å². The lowest BCUT2D eigenvalue weighted by molar-refractivity contribution is -0.137. The van der Waals surface area contributed by atoms with Gasteiger partial charge in [-0.3, -0.25) is 4.79 Å². The Hall–Kier alpha value is -3.48. The van der Waals surface area contributed by atoms with Gasteiger partial charge in [-0.25, -0.2) is 0 Å². The Bertz CT molecular complexity index is 1230. The average Bonchev–Trinajstić information content (AvgIpc) is 3.04. The number of alkyl halides is 3. The van der Waals surface area contributed by atoms with E-state index in [0.29, 0.717) is 32.9 Å². The largest absolute Gasteiger partial charge is 0.507 e. The van der Waals surface area contributed by atoms with Gasteiger partial charge in [0.05, 0.1) is 16.5 Å². The predicted molar refractivity (Wildman–Crippen MR) is 100 cm³/mol. The third-order valence-electron chi connectivity index (χ3n) is 4.76. The summed E-state index contributed by atoms with van der Waals surface area (Å²) in [6, 6.07) is 13.2. The Morgan fingerprint density at radius 1 is 1.04 bits per heavy atom. The van der Waals surface area contributed by atoms with E-state index in [1.54, 1.807) is 30.3 Å². The molecule has 1 amide bonds. The number of aromatic nitrogens is 1. The van der Waals surface area contributed by atoms with Gasteiger partial charge in [-0.15, -0.1) is 0 Å². The molecule has 0 fully saturated rings. The topological polar surface area (TPSA) is 79.1 Å². The molecule has 1 aromatic heterocycles. The molecule has 0 spiro atoms. The molecule has 0 bridgehead atoms. The van der Waals surface area contributed by atoms with Crippen molar-refractivity contribution in [2.75, 3.05) is 0 Å². The molecule has 0 atom stereocenters. The van der Waals surface area contributed by atoms with Crippen molar-refractivity contribution < 1.29 is 23.1 Å². The molecule has 3 aromatic carbocycles. The molecule has 4 aromatic rings. The van der Waals surface area contributed by atoms with Gasteiger partial charge in [-0.1, -0.05) is 30.3 Å². The Balaban J connectivity index is 1.90. The number of amides is 1. The molecule has 0 aliphatic heterocycles. The molecule has 4 nitrogen and oxygen atoms in total. The number of nitrogens with two attached hydrogens (primary N) is 1. The van der Waals surface area contributed by atoms with Crippen LogP contribution in [0.25, 0.3) is 21.8 Å². The van der Waals surface area contributed by atoms with E-state index in [2.05, 4.69) is 4.98 Å². The second-order valence-corrected chi connectivity index (χ2v) is 6.59. The number of phenolic OH excluding ortho intramolecular Hbond substituents is 1. The zero-order chi connectivity index (χ0) is 20.1. The zero-order valence-electron chi connectivity index (χ0n) is 14.5. The van der Waals surface area contributed by atoms with Crippen molar-refractivity contribution in [1.82, 2.24) is 4.98 Å². The molecule has 1 heterocycles. The van der Waals surface area contributed by atoms with Crippen molar-refractivity contribution in [2.45, 2.75) is 12.6 Å². The normalized spacial score (nSPS) is 12.0. The molecule has 0 unspecified atom stereocenters. The number of nitrogens with one attached hydrogen (secondary N) is 1. The number of fused-ring (bicyclic) bond motifs is 3. The highest BCUT2D eigenvalue weighted by Crippen LogP contribution is 2.37. The molecule has 0 saturated heterocycles. The van der Waals surface area contributed by atoms with Crippen LogP contribution in [0.5, 0.6) is 5.75 Å². The second kappa shape index (κ2) is 6.30. The molecular formula is C21H15F3N2O2. The lowest BCUT2D eigenvalue weighted by Crippen LogP contribution is -2.10. The Morgan fingerprint density at radius 3 is 2.50 bits per heavy atom. The molecule has 4 rings (SSSR count). The van der Waals surface area contributed by atoms with Gasteiger partial charge >= 0.3 is 6.18 Å². The summed E-state index contributed by atoms with van der Waals surface area (Å²) < 4.78 is 39.0. The molecule has 7 heteroatoms. The van der Waals surface area contributed by atoms with E-state index >= 15 is 0 Å². The smallest absolute Gasteiger partial charge is 0.416 e. The Kier molecular flexibility index (Phi) is 4.03. The van der Waals surface area contributed by atoms with Gasteiger partial charge in [-0.2, -0.15) is 13.2 Å². The molecule has 0 aliphatic rings. The van der Waals surface area contributed by atoms with Crippen LogP contribution < -0.4 is 5.73 Å². The van der Waals surface area contributed by atoms with Gasteiger partial charge in [0, 0.05) is 16.5 Å².